The number of aromatic amines is 4. The highest BCUT2D eigenvalue weighted by molar-refractivity contribution is 7.79. The second-order valence-electron chi connectivity index (χ2n) is 25.5. The zero-order valence-electron chi connectivity index (χ0n) is 51.2. The van der Waals surface area contributed by atoms with Gasteiger partial charge in [0.05, 0.1) is 29.4 Å². The molecule has 0 spiro atoms. The molecule has 15 nitrogen and oxygen atoms in total. The summed E-state index contributed by atoms with van der Waals surface area (Å²) in [5, 5.41) is 13.0. The van der Waals surface area contributed by atoms with Gasteiger partial charge in [-0.05, 0) is 107 Å². The van der Waals surface area contributed by atoms with E-state index in [1.165, 1.54) is 11.8 Å². The molecule has 87 heavy (non-hydrogen) atoms. The van der Waals surface area contributed by atoms with E-state index in [1.807, 2.05) is 165 Å². The molecule has 2 unspecified atom stereocenters. The van der Waals surface area contributed by atoms with Gasteiger partial charge in [0.15, 0.2) is 6.61 Å². The van der Waals surface area contributed by atoms with Gasteiger partial charge >= 0.3 is 0 Å². The van der Waals surface area contributed by atoms with E-state index in [9.17, 15) is 24.0 Å². The van der Waals surface area contributed by atoms with E-state index < -0.39 is 45.8 Å². The third kappa shape index (κ3) is 13.0. The minimum absolute atomic E-state index is 0.131. The topological polar surface area (TPSA) is 209 Å². The van der Waals surface area contributed by atoms with Gasteiger partial charge in [-0.15, -0.1) is 0 Å². The van der Waals surface area contributed by atoms with Gasteiger partial charge in [0.2, 0.25) is 23.6 Å². The molecule has 4 aromatic heterocycles. The van der Waals surface area contributed by atoms with Crippen molar-refractivity contribution in [2.75, 3.05) is 39.8 Å². The molecule has 10 rings (SSSR count). The van der Waals surface area contributed by atoms with Gasteiger partial charge < -0.3 is 50.8 Å². The largest absolute Gasteiger partial charge is 0.483 e. The van der Waals surface area contributed by atoms with Gasteiger partial charge in [0.25, 0.3) is 5.91 Å². The number of carbonyl (C=O) groups is 5. The molecule has 0 saturated carbocycles. The molecule has 8 N–H and O–H groups in total. The van der Waals surface area contributed by atoms with Crippen LogP contribution < -0.4 is 30.9 Å². The number of ether oxygens (including phenoxy) is 1. The zero-order valence-corrected chi connectivity index (χ0v) is 52.1. The van der Waals surface area contributed by atoms with Crippen molar-refractivity contribution in [3.05, 3.63) is 237 Å². The van der Waals surface area contributed by atoms with Crippen LogP contribution in [0.3, 0.4) is 0 Å². The van der Waals surface area contributed by atoms with Crippen molar-refractivity contribution in [2.24, 2.45) is 16.2 Å². The Morgan fingerprint density at radius 1 is 0.425 bits per heavy atom. The fraction of sp³-hybridized carbons (Fsp3) is 0.282. The van der Waals surface area contributed by atoms with Crippen molar-refractivity contribution in [3.63, 3.8) is 0 Å². The summed E-state index contributed by atoms with van der Waals surface area (Å²) in [6.07, 6.45) is 0. The Labute approximate surface area is 514 Å². The fourth-order valence-electron chi connectivity index (χ4n) is 11.1. The first-order chi connectivity index (χ1) is 41.4. The standard InChI is InChI=1S/C71H77N9O6S/c1-41(81)80(11)59-29-20-30-60(46(59)40-87)86-39-61(82)76-47-25-16-12-21-42(47)62-51-31-33-53(72-51)63(43-22-13-17-26-48(43)77-66(83)69(2,3)4)55-35-37-57(74-55)65(45-24-15-19-28-50(45)79-68(85)71(8,9)10)58-38-36-56(75-58)64(54-34-32-52(62)73-54)44-23-14-18-27-49(44)78-67(84)70(5,6)7/h12-38,62-65,72-75,87H,39-40H2,1-11H3,(H,76,82)(H,77,83)(H,78,84)(H,79,85). The van der Waals surface area contributed by atoms with Gasteiger partial charge in [-0.1, -0.05) is 141 Å². The van der Waals surface area contributed by atoms with Crippen molar-refractivity contribution in [2.45, 2.75) is 98.7 Å². The number of H-pyrrole nitrogens is 4. The highest BCUT2D eigenvalue weighted by Crippen LogP contribution is 2.45. The number of carbonyl (C=O) groups excluding carboxylic acids is 5. The van der Waals surface area contributed by atoms with E-state index >= 15 is 0 Å². The summed E-state index contributed by atoms with van der Waals surface area (Å²) in [5.74, 6) is -2.35. The van der Waals surface area contributed by atoms with Gasteiger partial charge in [-0.25, -0.2) is 0 Å². The maximum absolute atomic E-state index is 14.3. The van der Waals surface area contributed by atoms with Crippen molar-refractivity contribution in [3.8, 4) is 5.75 Å². The molecule has 448 valence electrons. The van der Waals surface area contributed by atoms with Crippen LogP contribution in [0, 0.1) is 16.2 Å². The molecule has 5 heterocycles. The van der Waals surface area contributed by atoms with Gasteiger partial charge in [0, 0.05) is 110 Å². The lowest BCUT2D eigenvalue weighted by Crippen LogP contribution is -2.28. The first-order valence-corrected chi connectivity index (χ1v) is 30.0. The number of amides is 5. The van der Waals surface area contributed by atoms with Gasteiger partial charge in [-0.3, -0.25) is 24.0 Å². The molecule has 0 aliphatic carbocycles. The van der Waals surface area contributed by atoms with Crippen LogP contribution in [0.5, 0.6) is 5.75 Å². The van der Waals surface area contributed by atoms with Crippen LogP contribution in [-0.4, -0.2) is 63.1 Å². The first-order valence-electron chi connectivity index (χ1n) is 29.3. The van der Waals surface area contributed by atoms with Gasteiger partial charge in [0.1, 0.15) is 5.75 Å². The quantitative estimate of drug-likeness (QED) is 0.0513. The molecule has 0 radical (unpaired) electrons. The summed E-state index contributed by atoms with van der Waals surface area (Å²) < 4.78 is 6.21. The lowest BCUT2D eigenvalue weighted by atomic mass is 9.90. The summed E-state index contributed by atoms with van der Waals surface area (Å²) in [6.45, 7) is 18.2. The van der Waals surface area contributed by atoms with Crippen LogP contribution in [0.25, 0.3) is 0 Å². The Morgan fingerprint density at radius 3 is 0.989 bits per heavy atom. The Hall–Kier alpha value is -9.28. The maximum Gasteiger partial charge on any atom is 0.262 e. The van der Waals surface area contributed by atoms with Crippen LogP contribution in [0.4, 0.5) is 28.4 Å². The fourth-order valence-corrected chi connectivity index (χ4v) is 11.4. The van der Waals surface area contributed by atoms with Crippen LogP contribution in [0.15, 0.2) is 164 Å². The van der Waals surface area contributed by atoms with E-state index in [0.29, 0.717) is 39.7 Å². The van der Waals surface area contributed by atoms with Crippen molar-refractivity contribution < 1.29 is 28.7 Å². The average molecular weight is 1180 g/mol. The third-order valence-corrected chi connectivity index (χ3v) is 16.3. The number of hydrogen-bond donors (Lipinski definition) is 9. The second kappa shape index (κ2) is 24.6. The molecule has 0 saturated heterocycles. The van der Waals surface area contributed by atoms with Gasteiger partial charge in [-0.2, -0.15) is 12.6 Å². The number of anilines is 5. The highest BCUT2D eigenvalue weighted by Gasteiger charge is 2.35. The van der Waals surface area contributed by atoms with Crippen LogP contribution in [0.1, 0.15) is 166 Å². The minimum Gasteiger partial charge on any atom is -0.483 e. The van der Waals surface area contributed by atoms with Crippen molar-refractivity contribution in [1.82, 2.24) is 19.9 Å². The highest BCUT2D eigenvalue weighted by atomic mass is 32.1. The Morgan fingerprint density at radius 2 is 0.713 bits per heavy atom. The summed E-state index contributed by atoms with van der Waals surface area (Å²) in [5.41, 5.74) is 11.5. The number of benzene rings is 5. The number of nitrogens with one attached hydrogen (secondary N) is 8. The minimum atomic E-state index is -0.697. The Balaban J connectivity index is 1.17. The molecule has 5 aromatic carbocycles. The number of fused-ring (bicyclic) bond motifs is 8. The molecule has 1 aliphatic rings. The third-order valence-electron chi connectivity index (χ3n) is 16.0. The second-order valence-corrected chi connectivity index (χ2v) is 25.8. The number of hydrogen-bond acceptors (Lipinski definition) is 7. The summed E-state index contributed by atoms with van der Waals surface area (Å²) >= 11 is 4.57. The predicted octanol–water partition coefficient (Wildman–Crippen LogP) is 14.4. The smallest absolute Gasteiger partial charge is 0.262 e. The molecule has 8 bridgehead atoms. The predicted molar refractivity (Wildman–Crippen MR) is 349 cm³/mol. The van der Waals surface area contributed by atoms with Crippen LogP contribution in [-0.2, 0) is 29.7 Å². The molecule has 9 aromatic rings. The monoisotopic (exact) mass is 1180 g/mol. The summed E-state index contributed by atoms with van der Waals surface area (Å²) in [6, 6.07) is 53.3. The van der Waals surface area contributed by atoms with Crippen LogP contribution >= 0.6 is 12.6 Å². The Bertz CT molecular complexity index is 3880. The molecule has 0 fully saturated rings. The van der Waals surface area contributed by atoms with E-state index in [-0.39, 0.29) is 36.0 Å². The SMILES string of the molecule is CC(=O)N(C)c1cccc(OCC(=O)Nc2ccccc2C2c3ccc([nH]3)C(c3ccccc3NC(=O)C(C)(C)C)c3ccc([nH]3)C(c3ccccc3NC(=O)C(C)(C)C)c3ccc([nH]3)C(c3ccccc3NC(=O)C(C)(C)C)c3ccc2[nH]3)c1CS. The first kappa shape index (κ1) is 60.8. The molecule has 16 heteroatoms. The number of para-hydroxylation sites is 4. The molecule has 2 atom stereocenters. The number of thiol groups is 1. The molecule has 1 aliphatic heterocycles. The molecular weight excluding hydrogens is 1110 g/mol. The summed E-state index contributed by atoms with van der Waals surface area (Å²) in [4.78, 5) is 85.7. The van der Waals surface area contributed by atoms with E-state index in [2.05, 4.69) is 102 Å². The molecular formula is C71H77N9O6S. The molecule has 5 amide bonds. The zero-order chi connectivity index (χ0) is 62.1. The normalized spacial score (nSPS) is 15.9. The van der Waals surface area contributed by atoms with Crippen molar-refractivity contribution >= 4 is 70.6 Å². The van der Waals surface area contributed by atoms with E-state index in [4.69, 9.17) is 4.74 Å². The lowest BCUT2D eigenvalue weighted by molar-refractivity contribution is -0.123. The summed E-state index contributed by atoms with van der Waals surface area (Å²) in [7, 11) is 1.69. The van der Waals surface area contributed by atoms with E-state index in [0.717, 1.165) is 67.8 Å². The number of aromatic nitrogens is 4. The lowest BCUT2D eigenvalue weighted by Gasteiger charge is -2.25. The average Bonchev–Trinajstić information content (AvgIpc) is 1.95. The number of nitrogens with zero attached hydrogens (tertiary/aromatic N) is 1. The van der Waals surface area contributed by atoms with Crippen molar-refractivity contribution in [1.29, 1.82) is 0 Å². The number of rotatable bonds is 13. The maximum atomic E-state index is 14.3. The van der Waals surface area contributed by atoms with Crippen LogP contribution in [0.2, 0.25) is 0 Å². The Kier molecular flexibility index (Phi) is 17.2. The van der Waals surface area contributed by atoms with E-state index in [1.54, 1.807) is 19.2 Å².